The minimum atomic E-state index is 0.539. The highest BCUT2D eigenvalue weighted by atomic mass is 35.5. The van der Waals surface area contributed by atoms with Gasteiger partial charge in [-0.15, -0.1) is 0 Å². The van der Waals surface area contributed by atoms with E-state index in [1.807, 2.05) is 24.3 Å². The Kier molecular flexibility index (Phi) is 6.49. The number of rotatable bonds is 5. The fourth-order valence-electron chi connectivity index (χ4n) is 2.79. The summed E-state index contributed by atoms with van der Waals surface area (Å²) in [5.41, 5.74) is 0. The van der Waals surface area contributed by atoms with Crippen molar-refractivity contribution in [3.8, 4) is 5.75 Å². The Balaban J connectivity index is 1.42. The van der Waals surface area contributed by atoms with Crippen LogP contribution in [0.2, 0.25) is 5.02 Å². The standard InChI is InChI=1S/C18H23ClN6O/c1-20-17(23-8-13-26-16-5-2-4-15(19)14-16)24-9-11-25(12-10-24)18-21-6-3-7-22-18/h2-7,14H,8-13H2,1H3,(H,20,23). The van der Waals surface area contributed by atoms with Gasteiger partial charge >= 0.3 is 0 Å². The molecule has 0 amide bonds. The van der Waals surface area contributed by atoms with E-state index in [1.165, 1.54) is 0 Å². The maximum atomic E-state index is 5.95. The van der Waals surface area contributed by atoms with Crippen molar-refractivity contribution in [3.63, 3.8) is 0 Å². The molecule has 138 valence electrons. The molecule has 8 heteroatoms. The highest BCUT2D eigenvalue weighted by molar-refractivity contribution is 6.30. The summed E-state index contributed by atoms with van der Waals surface area (Å²) in [6, 6.07) is 9.23. The molecule has 2 heterocycles. The number of nitrogens with zero attached hydrogens (tertiary/aromatic N) is 5. The van der Waals surface area contributed by atoms with Gasteiger partial charge in [-0.3, -0.25) is 4.99 Å². The molecule has 0 atom stereocenters. The van der Waals surface area contributed by atoms with Crippen LogP contribution < -0.4 is 15.0 Å². The first-order chi connectivity index (χ1) is 12.8. The maximum absolute atomic E-state index is 5.95. The van der Waals surface area contributed by atoms with Gasteiger partial charge in [0, 0.05) is 50.6 Å². The summed E-state index contributed by atoms with van der Waals surface area (Å²) in [6.07, 6.45) is 3.55. The Morgan fingerprint density at radius 1 is 1.19 bits per heavy atom. The summed E-state index contributed by atoms with van der Waals surface area (Å²) >= 11 is 5.95. The largest absolute Gasteiger partial charge is 0.492 e. The van der Waals surface area contributed by atoms with Crippen molar-refractivity contribution in [1.29, 1.82) is 0 Å². The van der Waals surface area contributed by atoms with E-state index in [-0.39, 0.29) is 0 Å². The molecule has 26 heavy (non-hydrogen) atoms. The smallest absolute Gasteiger partial charge is 0.225 e. The number of benzene rings is 1. The van der Waals surface area contributed by atoms with Crippen LogP contribution in [0.15, 0.2) is 47.7 Å². The Morgan fingerprint density at radius 3 is 2.65 bits per heavy atom. The topological polar surface area (TPSA) is 65.9 Å². The molecule has 1 aromatic carbocycles. The first-order valence-corrected chi connectivity index (χ1v) is 9.00. The van der Waals surface area contributed by atoms with Crippen LogP contribution in [0.5, 0.6) is 5.75 Å². The normalized spacial score (nSPS) is 15.1. The van der Waals surface area contributed by atoms with Gasteiger partial charge in [0.05, 0.1) is 6.54 Å². The number of hydrogen-bond donors (Lipinski definition) is 1. The van der Waals surface area contributed by atoms with Crippen LogP contribution in [0.3, 0.4) is 0 Å². The zero-order chi connectivity index (χ0) is 18.2. The van der Waals surface area contributed by atoms with E-state index in [0.717, 1.165) is 43.8 Å². The number of anilines is 1. The van der Waals surface area contributed by atoms with Crippen molar-refractivity contribution < 1.29 is 4.74 Å². The fourth-order valence-corrected chi connectivity index (χ4v) is 2.97. The minimum Gasteiger partial charge on any atom is -0.492 e. The molecule has 0 radical (unpaired) electrons. The lowest BCUT2D eigenvalue weighted by Crippen LogP contribution is -2.53. The number of guanidine groups is 1. The lowest BCUT2D eigenvalue weighted by molar-refractivity contribution is 0.315. The second-order valence-electron chi connectivity index (χ2n) is 5.80. The van der Waals surface area contributed by atoms with Crippen molar-refractivity contribution in [2.45, 2.75) is 0 Å². The molecule has 1 aliphatic rings. The van der Waals surface area contributed by atoms with Crippen molar-refractivity contribution in [3.05, 3.63) is 47.7 Å². The highest BCUT2D eigenvalue weighted by Gasteiger charge is 2.20. The molecule has 0 unspecified atom stereocenters. The molecule has 2 aromatic rings. The van der Waals surface area contributed by atoms with Crippen LogP contribution in [-0.4, -0.2) is 67.2 Å². The Hall–Kier alpha value is -2.54. The van der Waals surface area contributed by atoms with E-state index >= 15 is 0 Å². The summed E-state index contributed by atoms with van der Waals surface area (Å²) < 4.78 is 5.70. The molecule has 1 saturated heterocycles. The van der Waals surface area contributed by atoms with Crippen LogP contribution in [0.1, 0.15) is 0 Å². The zero-order valence-electron chi connectivity index (χ0n) is 14.8. The average molecular weight is 375 g/mol. The predicted molar refractivity (Wildman–Crippen MR) is 104 cm³/mol. The van der Waals surface area contributed by atoms with Gasteiger partial charge in [-0.1, -0.05) is 17.7 Å². The van der Waals surface area contributed by atoms with E-state index in [4.69, 9.17) is 16.3 Å². The number of hydrogen-bond acceptors (Lipinski definition) is 5. The van der Waals surface area contributed by atoms with E-state index < -0.39 is 0 Å². The highest BCUT2D eigenvalue weighted by Crippen LogP contribution is 2.16. The van der Waals surface area contributed by atoms with E-state index in [0.29, 0.717) is 18.2 Å². The summed E-state index contributed by atoms with van der Waals surface area (Å²) in [7, 11) is 1.80. The summed E-state index contributed by atoms with van der Waals surface area (Å²) in [5.74, 6) is 2.43. The van der Waals surface area contributed by atoms with Crippen molar-refractivity contribution in [2.24, 2.45) is 4.99 Å². The predicted octanol–water partition coefficient (Wildman–Crippen LogP) is 1.91. The van der Waals surface area contributed by atoms with Gasteiger partial charge in [-0.25, -0.2) is 9.97 Å². The molecule has 1 aliphatic heterocycles. The molecule has 7 nitrogen and oxygen atoms in total. The van der Waals surface area contributed by atoms with E-state index in [9.17, 15) is 0 Å². The molecular formula is C18H23ClN6O. The van der Waals surface area contributed by atoms with Gasteiger partial charge in [0.15, 0.2) is 5.96 Å². The lowest BCUT2D eigenvalue weighted by atomic mass is 10.3. The average Bonchev–Trinajstić information content (AvgIpc) is 2.69. The summed E-state index contributed by atoms with van der Waals surface area (Å²) in [6.45, 7) is 4.67. The SMILES string of the molecule is CN=C(NCCOc1cccc(Cl)c1)N1CCN(c2ncccn2)CC1. The number of piperazine rings is 1. The first kappa shape index (κ1) is 18.3. The van der Waals surface area contributed by atoms with E-state index in [2.05, 4.69) is 30.1 Å². The van der Waals surface area contributed by atoms with Gasteiger partial charge in [0.25, 0.3) is 0 Å². The number of ether oxygens (including phenoxy) is 1. The van der Waals surface area contributed by atoms with Crippen LogP contribution in [0, 0.1) is 0 Å². The van der Waals surface area contributed by atoms with Crippen molar-refractivity contribution >= 4 is 23.5 Å². The molecule has 0 saturated carbocycles. The van der Waals surface area contributed by atoms with E-state index in [1.54, 1.807) is 25.5 Å². The Labute approximate surface area is 158 Å². The second-order valence-corrected chi connectivity index (χ2v) is 6.24. The maximum Gasteiger partial charge on any atom is 0.225 e. The molecule has 0 bridgehead atoms. The van der Waals surface area contributed by atoms with Crippen molar-refractivity contribution in [2.75, 3.05) is 51.3 Å². The number of aliphatic imine (C=N–C) groups is 1. The summed E-state index contributed by atoms with van der Waals surface area (Å²) in [4.78, 5) is 17.4. The quantitative estimate of drug-likeness (QED) is 0.490. The fraction of sp³-hybridized carbons (Fsp3) is 0.389. The van der Waals surface area contributed by atoms with Gasteiger partial charge in [-0.2, -0.15) is 0 Å². The summed E-state index contributed by atoms with van der Waals surface area (Å²) in [5, 5.41) is 4.02. The molecular weight excluding hydrogens is 352 g/mol. The molecule has 1 aromatic heterocycles. The van der Waals surface area contributed by atoms with Crippen LogP contribution in [0.4, 0.5) is 5.95 Å². The third-order valence-corrected chi connectivity index (χ3v) is 4.31. The van der Waals surface area contributed by atoms with Crippen molar-refractivity contribution in [1.82, 2.24) is 20.2 Å². The number of halogens is 1. The third kappa shape index (κ3) is 4.98. The molecule has 1 fully saturated rings. The van der Waals surface area contributed by atoms with Gasteiger partial charge in [0.2, 0.25) is 5.95 Å². The van der Waals surface area contributed by atoms with Gasteiger partial charge < -0.3 is 19.9 Å². The molecule has 0 spiro atoms. The molecule has 3 rings (SSSR count). The third-order valence-electron chi connectivity index (χ3n) is 4.08. The minimum absolute atomic E-state index is 0.539. The first-order valence-electron chi connectivity index (χ1n) is 8.62. The Morgan fingerprint density at radius 2 is 1.96 bits per heavy atom. The molecule has 1 N–H and O–H groups in total. The van der Waals surface area contributed by atoms with Gasteiger partial charge in [0.1, 0.15) is 12.4 Å². The number of aromatic nitrogens is 2. The van der Waals surface area contributed by atoms with Crippen LogP contribution >= 0.6 is 11.6 Å². The lowest BCUT2D eigenvalue weighted by Gasteiger charge is -2.36. The zero-order valence-corrected chi connectivity index (χ0v) is 15.6. The van der Waals surface area contributed by atoms with Crippen LogP contribution in [0.25, 0.3) is 0 Å². The number of nitrogens with one attached hydrogen (secondary N) is 1. The second kappa shape index (κ2) is 9.24. The monoisotopic (exact) mass is 374 g/mol. The Bertz CT molecular complexity index is 719. The van der Waals surface area contributed by atoms with Crippen LogP contribution in [-0.2, 0) is 0 Å². The van der Waals surface area contributed by atoms with Gasteiger partial charge in [-0.05, 0) is 24.3 Å². The molecule has 0 aliphatic carbocycles.